The largest absolute Gasteiger partial charge is 0.350 e. The van der Waals surface area contributed by atoms with Crippen molar-refractivity contribution in [3.8, 4) is 11.4 Å². The molecule has 0 saturated carbocycles. The third kappa shape index (κ3) is 11.4. The topological polar surface area (TPSA) is 170 Å². The highest BCUT2D eigenvalue weighted by atomic mass is 33.1. The van der Waals surface area contributed by atoms with Gasteiger partial charge in [-0.25, -0.2) is 9.97 Å². The first-order valence-electron chi connectivity index (χ1n) is 11.2. The smallest absolute Gasteiger partial charge is 0.269 e. The van der Waals surface area contributed by atoms with Crippen molar-refractivity contribution in [2.24, 2.45) is 11.5 Å². The Kier molecular flexibility index (Phi) is 15.6. The van der Waals surface area contributed by atoms with Crippen LogP contribution in [0.1, 0.15) is 21.0 Å². The molecule has 0 aliphatic heterocycles. The lowest BCUT2D eigenvalue weighted by atomic mass is 10.2. The van der Waals surface area contributed by atoms with E-state index in [2.05, 4.69) is 45.9 Å². The van der Waals surface area contributed by atoms with E-state index in [9.17, 15) is 19.2 Å². The average molecular weight is 633 g/mol. The van der Waals surface area contributed by atoms with Crippen molar-refractivity contribution >= 4 is 90.5 Å². The molecule has 0 unspecified atom stereocenters. The van der Waals surface area contributed by atoms with E-state index in [-0.39, 0.29) is 44.9 Å². The zero-order chi connectivity index (χ0) is 27.9. The van der Waals surface area contributed by atoms with Crippen LogP contribution in [0.15, 0.2) is 36.4 Å². The standard InChI is InChI=1S/C22H28N6O4S6/c23-13(11-33)21(31)37-35-9-7-25-19(29)17-5-1-3-15(27-17)16-4-2-6-18(28-16)20(30)26-8-10-36-38-22(32)14(24)12-34/h1-6,13-14,33-34H,7-12,23-24H2,(H,25,29)(H,26,30)/t13-,14-/m0/s1. The summed E-state index contributed by atoms with van der Waals surface area (Å²) in [7, 11) is 4.69. The van der Waals surface area contributed by atoms with Gasteiger partial charge in [0.1, 0.15) is 11.4 Å². The molecular formula is C22H28N6O4S6. The first-order chi connectivity index (χ1) is 18.3. The van der Waals surface area contributed by atoms with Gasteiger partial charge >= 0.3 is 0 Å². The molecule has 0 bridgehead atoms. The van der Waals surface area contributed by atoms with Gasteiger partial charge in [0.2, 0.25) is 10.2 Å². The van der Waals surface area contributed by atoms with Crippen LogP contribution in [0.4, 0.5) is 0 Å². The number of rotatable bonds is 15. The van der Waals surface area contributed by atoms with Gasteiger partial charge in [-0.2, -0.15) is 25.3 Å². The Morgan fingerprint density at radius 3 is 1.50 bits per heavy atom. The van der Waals surface area contributed by atoms with E-state index < -0.39 is 12.1 Å². The third-order valence-corrected chi connectivity index (χ3v) is 9.84. The summed E-state index contributed by atoms with van der Waals surface area (Å²) >= 11 is 7.99. The quantitative estimate of drug-likeness (QED) is 0.0960. The maximum absolute atomic E-state index is 12.5. The summed E-state index contributed by atoms with van der Waals surface area (Å²) in [4.78, 5) is 57.2. The van der Waals surface area contributed by atoms with Crippen LogP contribution in [0, 0.1) is 0 Å². The second-order valence-corrected chi connectivity index (χ2v) is 12.9. The van der Waals surface area contributed by atoms with Crippen LogP contribution < -0.4 is 22.1 Å². The van der Waals surface area contributed by atoms with E-state index in [1.165, 1.54) is 21.6 Å². The molecule has 0 radical (unpaired) electrons. The molecule has 2 aromatic rings. The second kappa shape index (κ2) is 18.0. The van der Waals surface area contributed by atoms with Gasteiger partial charge in [-0.1, -0.05) is 33.7 Å². The Morgan fingerprint density at radius 1 is 0.737 bits per heavy atom. The van der Waals surface area contributed by atoms with E-state index in [4.69, 9.17) is 11.5 Å². The van der Waals surface area contributed by atoms with Crippen molar-refractivity contribution in [3.05, 3.63) is 47.8 Å². The van der Waals surface area contributed by atoms with E-state index in [0.717, 1.165) is 21.6 Å². The highest BCUT2D eigenvalue weighted by Crippen LogP contribution is 2.23. The van der Waals surface area contributed by atoms with Crippen LogP contribution in [0.3, 0.4) is 0 Å². The SMILES string of the molecule is N[C@@H](CS)C(=O)SSCCNC(=O)c1cccc(-c2cccc(C(=O)NCCSSC(=O)[C@@H](N)CS)n2)n1. The van der Waals surface area contributed by atoms with Crippen LogP contribution in [0.2, 0.25) is 0 Å². The molecule has 0 aliphatic rings. The lowest BCUT2D eigenvalue weighted by Crippen LogP contribution is -2.29. The number of amides is 2. The van der Waals surface area contributed by atoms with Gasteiger partial charge in [-0.15, -0.1) is 0 Å². The monoisotopic (exact) mass is 632 g/mol. The molecule has 2 rings (SSSR count). The molecule has 0 aromatic carbocycles. The first kappa shape index (κ1) is 32.8. The van der Waals surface area contributed by atoms with Gasteiger partial charge in [0.25, 0.3) is 11.8 Å². The molecule has 2 amide bonds. The number of nitrogens with zero attached hydrogens (tertiary/aromatic N) is 2. The molecule has 0 spiro atoms. The van der Waals surface area contributed by atoms with Crippen molar-refractivity contribution in [1.82, 2.24) is 20.6 Å². The third-order valence-electron chi connectivity index (χ3n) is 4.45. The predicted molar refractivity (Wildman–Crippen MR) is 166 cm³/mol. The zero-order valence-corrected chi connectivity index (χ0v) is 25.1. The minimum atomic E-state index is -0.612. The van der Waals surface area contributed by atoms with Crippen LogP contribution >= 0.6 is 68.4 Å². The minimum Gasteiger partial charge on any atom is -0.350 e. The molecule has 6 N–H and O–H groups in total. The molecule has 0 saturated heterocycles. The Morgan fingerprint density at radius 2 is 1.13 bits per heavy atom. The fourth-order valence-corrected chi connectivity index (χ4v) is 6.67. The molecule has 0 aliphatic carbocycles. The summed E-state index contributed by atoms with van der Waals surface area (Å²) in [5.41, 5.74) is 12.5. The van der Waals surface area contributed by atoms with E-state index in [1.807, 2.05) is 0 Å². The fraction of sp³-hybridized carbons (Fsp3) is 0.364. The van der Waals surface area contributed by atoms with Crippen molar-refractivity contribution in [3.63, 3.8) is 0 Å². The van der Waals surface area contributed by atoms with Crippen LogP contribution in [-0.4, -0.2) is 80.2 Å². The number of nitrogens with one attached hydrogen (secondary N) is 2. The summed E-state index contributed by atoms with van der Waals surface area (Å²) < 4.78 is 0. The maximum Gasteiger partial charge on any atom is 0.269 e. The first-order valence-corrected chi connectivity index (χ1v) is 17.1. The van der Waals surface area contributed by atoms with Crippen molar-refractivity contribution in [2.45, 2.75) is 12.1 Å². The number of aromatic nitrogens is 2. The Bertz CT molecular complexity index is 1030. The van der Waals surface area contributed by atoms with Crippen molar-refractivity contribution in [1.29, 1.82) is 0 Å². The zero-order valence-electron chi connectivity index (χ0n) is 20.1. The lowest BCUT2D eigenvalue weighted by molar-refractivity contribution is -0.112. The van der Waals surface area contributed by atoms with E-state index >= 15 is 0 Å². The summed E-state index contributed by atoms with van der Waals surface area (Å²) in [5.74, 6) is 0.848. The normalized spacial score (nSPS) is 12.4. The van der Waals surface area contributed by atoms with Gasteiger partial charge < -0.3 is 22.1 Å². The predicted octanol–water partition coefficient (Wildman–Crippen LogP) is 1.93. The number of pyridine rings is 2. The number of hydrogen-bond donors (Lipinski definition) is 6. The number of carbonyl (C=O) groups excluding carboxylic acids is 4. The van der Waals surface area contributed by atoms with E-state index in [0.29, 0.717) is 36.0 Å². The highest BCUT2D eigenvalue weighted by molar-refractivity contribution is 8.82. The molecule has 38 heavy (non-hydrogen) atoms. The Labute approximate surface area is 247 Å². The minimum absolute atomic E-state index is 0.159. The van der Waals surface area contributed by atoms with Gasteiger partial charge in [0.05, 0.1) is 23.5 Å². The van der Waals surface area contributed by atoms with E-state index in [1.54, 1.807) is 36.4 Å². The maximum atomic E-state index is 12.5. The molecule has 2 aromatic heterocycles. The van der Waals surface area contributed by atoms with Crippen molar-refractivity contribution in [2.75, 3.05) is 36.1 Å². The summed E-state index contributed by atoms with van der Waals surface area (Å²) in [6, 6.07) is 8.70. The van der Waals surface area contributed by atoms with Gasteiger partial charge in [-0.05, 0) is 45.9 Å². The molecule has 10 nitrogen and oxygen atoms in total. The number of nitrogens with two attached hydrogens (primary N) is 2. The Hall–Kier alpha value is -1.40. The van der Waals surface area contributed by atoms with Gasteiger partial charge in [0.15, 0.2) is 0 Å². The summed E-state index contributed by atoms with van der Waals surface area (Å²) in [6.07, 6.45) is 0. The fourth-order valence-electron chi connectivity index (χ4n) is 2.47. The molecule has 2 heterocycles. The number of hydrogen-bond acceptors (Lipinski definition) is 14. The van der Waals surface area contributed by atoms with Gasteiger partial charge in [0, 0.05) is 36.1 Å². The van der Waals surface area contributed by atoms with Crippen LogP contribution in [0.25, 0.3) is 11.4 Å². The number of carbonyl (C=O) groups is 4. The average Bonchev–Trinajstić information content (AvgIpc) is 2.95. The molecule has 16 heteroatoms. The second-order valence-electron chi connectivity index (χ2n) is 7.35. The van der Waals surface area contributed by atoms with Gasteiger partial charge in [-0.3, -0.25) is 19.2 Å². The molecule has 206 valence electrons. The highest BCUT2D eigenvalue weighted by Gasteiger charge is 2.15. The molecular weight excluding hydrogens is 605 g/mol. The number of thiol groups is 2. The Balaban J connectivity index is 1.85. The van der Waals surface area contributed by atoms with Crippen molar-refractivity contribution < 1.29 is 19.2 Å². The summed E-state index contributed by atoms with van der Waals surface area (Å²) in [5, 5.41) is 5.20. The van der Waals surface area contributed by atoms with Crippen LogP contribution in [-0.2, 0) is 9.59 Å². The lowest BCUT2D eigenvalue weighted by Gasteiger charge is -2.08. The molecule has 2 atom stereocenters. The van der Waals surface area contributed by atoms with Crippen LogP contribution in [0.5, 0.6) is 0 Å². The molecule has 0 fully saturated rings. The summed E-state index contributed by atoms with van der Waals surface area (Å²) in [6.45, 7) is 0.680.